The Bertz CT molecular complexity index is 180. The lowest BCUT2D eigenvalue weighted by Gasteiger charge is -2.27. The van der Waals surface area contributed by atoms with Crippen molar-refractivity contribution in [2.75, 3.05) is 19.6 Å². The highest BCUT2D eigenvalue weighted by molar-refractivity contribution is 4.68. The van der Waals surface area contributed by atoms with E-state index >= 15 is 0 Å². The highest BCUT2D eigenvalue weighted by Crippen LogP contribution is 2.08. The van der Waals surface area contributed by atoms with Crippen LogP contribution in [0.15, 0.2) is 0 Å². The Balaban J connectivity index is 3.83. The van der Waals surface area contributed by atoms with Crippen molar-refractivity contribution in [1.82, 2.24) is 10.2 Å². The van der Waals surface area contributed by atoms with Gasteiger partial charge in [-0.15, -0.1) is 0 Å². The zero-order valence-electron chi connectivity index (χ0n) is 14.2. The number of hydrogen-bond acceptors (Lipinski definition) is 2. The van der Waals surface area contributed by atoms with Gasteiger partial charge in [0, 0.05) is 12.1 Å². The maximum absolute atomic E-state index is 3.66. The molecule has 0 aliphatic heterocycles. The number of rotatable bonds is 13. The fourth-order valence-electron chi connectivity index (χ4n) is 2.53. The summed E-state index contributed by atoms with van der Waals surface area (Å²) in [4.78, 5) is 2.65. The van der Waals surface area contributed by atoms with Crippen LogP contribution in [-0.4, -0.2) is 36.6 Å². The summed E-state index contributed by atoms with van der Waals surface area (Å²) >= 11 is 0. The molecule has 2 nitrogen and oxygen atoms in total. The zero-order chi connectivity index (χ0) is 14.5. The fraction of sp³-hybridized carbons (Fsp3) is 1.00. The molecule has 1 unspecified atom stereocenters. The van der Waals surface area contributed by atoms with Crippen molar-refractivity contribution in [3.05, 3.63) is 0 Å². The second-order valence-corrected chi connectivity index (χ2v) is 6.04. The Kier molecular flexibility index (Phi) is 12.9. The van der Waals surface area contributed by atoms with Gasteiger partial charge in [-0.05, 0) is 65.6 Å². The quantitative estimate of drug-likeness (QED) is 0.498. The van der Waals surface area contributed by atoms with Crippen LogP contribution in [0.5, 0.6) is 0 Å². The highest BCUT2D eigenvalue weighted by atomic mass is 15.1. The zero-order valence-corrected chi connectivity index (χ0v) is 14.2. The van der Waals surface area contributed by atoms with E-state index in [0.717, 1.165) is 6.04 Å². The van der Waals surface area contributed by atoms with Gasteiger partial charge in [0.05, 0.1) is 0 Å². The van der Waals surface area contributed by atoms with Crippen LogP contribution < -0.4 is 5.32 Å². The largest absolute Gasteiger partial charge is 0.314 e. The van der Waals surface area contributed by atoms with Gasteiger partial charge in [-0.1, -0.05) is 33.6 Å². The Labute approximate surface area is 122 Å². The third-order valence-corrected chi connectivity index (χ3v) is 3.95. The summed E-state index contributed by atoms with van der Waals surface area (Å²) in [6.07, 6.45) is 9.22. The normalized spacial score (nSPS) is 13.4. The summed E-state index contributed by atoms with van der Waals surface area (Å²) in [7, 11) is 0. The molecule has 0 radical (unpaired) electrons. The smallest absolute Gasteiger partial charge is 0.00649 e. The summed E-state index contributed by atoms with van der Waals surface area (Å²) in [5.74, 6) is 0. The maximum atomic E-state index is 3.66. The van der Waals surface area contributed by atoms with Gasteiger partial charge < -0.3 is 10.2 Å². The van der Waals surface area contributed by atoms with Crippen molar-refractivity contribution in [2.24, 2.45) is 0 Å². The van der Waals surface area contributed by atoms with Gasteiger partial charge in [0.1, 0.15) is 0 Å². The molecule has 0 aromatic carbocycles. The molecular weight excluding hydrogens is 232 g/mol. The summed E-state index contributed by atoms with van der Waals surface area (Å²) in [5, 5.41) is 3.66. The van der Waals surface area contributed by atoms with Gasteiger partial charge in [-0.2, -0.15) is 0 Å². The molecule has 116 valence electrons. The first kappa shape index (κ1) is 18.9. The van der Waals surface area contributed by atoms with Crippen LogP contribution in [0.2, 0.25) is 0 Å². The van der Waals surface area contributed by atoms with E-state index < -0.39 is 0 Å². The predicted molar refractivity (Wildman–Crippen MR) is 87.8 cm³/mol. The number of nitrogens with one attached hydrogen (secondary N) is 1. The lowest BCUT2D eigenvalue weighted by atomic mass is 10.1. The predicted octanol–water partition coefficient (Wildman–Crippen LogP) is 4.45. The monoisotopic (exact) mass is 270 g/mol. The maximum Gasteiger partial charge on any atom is 0.00649 e. The van der Waals surface area contributed by atoms with Crippen LogP contribution in [0.25, 0.3) is 0 Å². The number of nitrogens with zero attached hydrogens (tertiary/aromatic N) is 1. The Morgan fingerprint density at radius 2 is 1.58 bits per heavy atom. The van der Waals surface area contributed by atoms with Crippen molar-refractivity contribution in [2.45, 2.75) is 91.6 Å². The average molecular weight is 271 g/mol. The minimum atomic E-state index is 0.695. The van der Waals surface area contributed by atoms with Gasteiger partial charge in [-0.25, -0.2) is 0 Å². The van der Waals surface area contributed by atoms with E-state index in [1.54, 1.807) is 0 Å². The average Bonchev–Trinajstić information content (AvgIpc) is 2.40. The summed E-state index contributed by atoms with van der Waals surface area (Å²) in [5.41, 5.74) is 0. The molecule has 0 amide bonds. The van der Waals surface area contributed by atoms with Gasteiger partial charge in [-0.3, -0.25) is 0 Å². The summed E-state index contributed by atoms with van der Waals surface area (Å²) in [6.45, 7) is 15.2. The van der Waals surface area contributed by atoms with Gasteiger partial charge >= 0.3 is 0 Å². The third-order valence-electron chi connectivity index (χ3n) is 3.95. The summed E-state index contributed by atoms with van der Waals surface area (Å²) < 4.78 is 0. The molecule has 0 heterocycles. The standard InChI is InChI=1S/C17H38N2/c1-6-9-10-14-19(16(4)5)15-11-12-17(8-3)18-13-7-2/h16-18H,6-15H2,1-5H3. The first-order valence-corrected chi connectivity index (χ1v) is 8.63. The lowest BCUT2D eigenvalue weighted by molar-refractivity contribution is 0.209. The molecule has 19 heavy (non-hydrogen) atoms. The first-order chi connectivity index (χ1) is 9.15. The van der Waals surface area contributed by atoms with Crippen LogP contribution in [0.1, 0.15) is 79.6 Å². The van der Waals surface area contributed by atoms with Crippen molar-refractivity contribution in [3.63, 3.8) is 0 Å². The lowest BCUT2D eigenvalue weighted by Crippen LogP contribution is -2.34. The number of unbranched alkanes of at least 4 members (excludes halogenated alkanes) is 2. The molecule has 0 aromatic heterocycles. The minimum absolute atomic E-state index is 0.695. The Morgan fingerprint density at radius 3 is 2.11 bits per heavy atom. The summed E-state index contributed by atoms with van der Waals surface area (Å²) in [6, 6.07) is 1.42. The van der Waals surface area contributed by atoms with Crippen molar-refractivity contribution in [3.8, 4) is 0 Å². The van der Waals surface area contributed by atoms with Crippen molar-refractivity contribution in [1.29, 1.82) is 0 Å². The third kappa shape index (κ3) is 10.4. The minimum Gasteiger partial charge on any atom is -0.314 e. The molecule has 1 N–H and O–H groups in total. The van der Waals surface area contributed by atoms with Gasteiger partial charge in [0.25, 0.3) is 0 Å². The van der Waals surface area contributed by atoms with E-state index in [9.17, 15) is 0 Å². The van der Waals surface area contributed by atoms with Crippen molar-refractivity contribution < 1.29 is 0 Å². The Morgan fingerprint density at radius 1 is 0.895 bits per heavy atom. The molecule has 0 bridgehead atoms. The molecule has 0 aliphatic carbocycles. The fourth-order valence-corrected chi connectivity index (χ4v) is 2.53. The highest BCUT2D eigenvalue weighted by Gasteiger charge is 2.10. The topological polar surface area (TPSA) is 15.3 Å². The van der Waals surface area contributed by atoms with E-state index in [4.69, 9.17) is 0 Å². The molecule has 0 saturated heterocycles. The first-order valence-electron chi connectivity index (χ1n) is 8.63. The van der Waals surface area contributed by atoms with Crippen LogP contribution >= 0.6 is 0 Å². The second kappa shape index (κ2) is 12.9. The van der Waals surface area contributed by atoms with Crippen LogP contribution in [0.4, 0.5) is 0 Å². The molecule has 0 saturated carbocycles. The van der Waals surface area contributed by atoms with Crippen LogP contribution in [-0.2, 0) is 0 Å². The van der Waals surface area contributed by atoms with E-state index in [1.807, 2.05) is 0 Å². The molecule has 0 aromatic rings. The van der Waals surface area contributed by atoms with Crippen LogP contribution in [0, 0.1) is 0 Å². The molecule has 0 rings (SSSR count). The van der Waals surface area contributed by atoms with E-state index in [2.05, 4.69) is 44.8 Å². The van der Waals surface area contributed by atoms with E-state index in [0.29, 0.717) is 6.04 Å². The number of hydrogen-bond donors (Lipinski definition) is 1. The second-order valence-electron chi connectivity index (χ2n) is 6.04. The molecule has 0 fully saturated rings. The molecular formula is C17H38N2. The van der Waals surface area contributed by atoms with Gasteiger partial charge in [0.15, 0.2) is 0 Å². The Hall–Kier alpha value is -0.0800. The van der Waals surface area contributed by atoms with Crippen LogP contribution in [0.3, 0.4) is 0 Å². The molecule has 0 spiro atoms. The van der Waals surface area contributed by atoms with Gasteiger partial charge in [0.2, 0.25) is 0 Å². The SMILES string of the molecule is CCCCCN(CCCC(CC)NCCC)C(C)C. The molecule has 2 heteroatoms. The molecule has 0 aliphatic rings. The van der Waals surface area contributed by atoms with E-state index in [1.165, 1.54) is 64.6 Å². The van der Waals surface area contributed by atoms with E-state index in [-0.39, 0.29) is 0 Å². The van der Waals surface area contributed by atoms with Crippen molar-refractivity contribution >= 4 is 0 Å². The molecule has 1 atom stereocenters.